The fourth-order valence-electron chi connectivity index (χ4n) is 10.4. The van der Waals surface area contributed by atoms with Crippen molar-refractivity contribution in [3.63, 3.8) is 0 Å². The lowest BCUT2D eigenvalue weighted by Crippen LogP contribution is -2.30. The number of aliphatic hydroxyl groups excluding tert-OH is 1. The Morgan fingerprint density at radius 2 is 0.523 bits per heavy atom. The van der Waals surface area contributed by atoms with Gasteiger partial charge in [-0.15, -0.1) is 0 Å². The molecule has 0 saturated carbocycles. The van der Waals surface area contributed by atoms with Crippen LogP contribution in [0.3, 0.4) is 0 Å². The van der Waals surface area contributed by atoms with Crippen molar-refractivity contribution >= 4 is 39.5 Å². The van der Waals surface area contributed by atoms with E-state index in [1.165, 1.54) is 161 Å². The van der Waals surface area contributed by atoms with Crippen molar-refractivity contribution in [1.29, 1.82) is 0 Å². The second-order valence-corrected chi connectivity index (χ2v) is 28.8. The minimum absolute atomic E-state index is 0.106. The first-order valence-corrected chi connectivity index (χ1v) is 39.0. The van der Waals surface area contributed by atoms with Crippen molar-refractivity contribution < 1.29 is 80.2 Å². The van der Waals surface area contributed by atoms with Crippen molar-refractivity contribution in [3.05, 3.63) is 0 Å². The number of ether oxygens (including phenoxy) is 4. The van der Waals surface area contributed by atoms with Gasteiger partial charge in [-0.2, -0.15) is 0 Å². The number of esters is 4. The van der Waals surface area contributed by atoms with Crippen molar-refractivity contribution in [2.24, 2.45) is 11.8 Å². The monoisotopic (exact) mass is 1300 g/mol. The van der Waals surface area contributed by atoms with E-state index in [-0.39, 0.29) is 25.7 Å². The largest absolute Gasteiger partial charge is 0.472 e. The summed E-state index contributed by atoms with van der Waals surface area (Å²) >= 11 is 0. The first-order valence-electron chi connectivity index (χ1n) is 36.0. The third-order valence-electron chi connectivity index (χ3n) is 16.0. The summed E-state index contributed by atoms with van der Waals surface area (Å²) < 4.78 is 68.0. The average molecular weight is 1300 g/mol. The third kappa shape index (κ3) is 62.8. The number of carbonyl (C=O) groups excluding carboxylic acids is 4. The fraction of sp³-hybridized carbons (Fsp3) is 0.942. The summed E-state index contributed by atoms with van der Waals surface area (Å²) in [6.07, 6.45) is 46.1. The second kappa shape index (κ2) is 61.3. The molecule has 88 heavy (non-hydrogen) atoms. The zero-order chi connectivity index (χ0) is 65.0. The van der Waals surface area contributed by atoms with Crippen LogP contribution in [0, 0.1) is 11.8 Å². The Morgan fingerprint density at radius 1 is 0.307 bits per heavy atom. The maximum Gasteiger partial charge on any atom is 0.472 e. The Bertz CT molecular complexity index is 1720. The van der Waals surface area contributed by atoms with Crippen LogP contribution in [0.1, 0.15) is 350 Å². The molecule has 0 aliphatic rings. The van der Waals surface area contributed by atoms with Gasteiger partial charge in [0.25, 0.3) is 0 Å². The van der Waals surface area contributed by atoms with Crippen LogP contribution in [0.5, 0.6) is 0 Å². The lowest BCUT2D eigenvalue weighted by molar-refractivity contribution is -0.161. The molecule has 0 aliphatic carbocycles. The molecule has 0 aliphatic heterocycles. The Hall–Kier alpha value is -1.94. The number of phosphoric acid groups is 2. The topological polar surface area (TPSA) is 237 Å². The van der Waals surface area contributed by atoms with Crippen molar-refractivity contribution in [3.8, 4) is 0 Å². The molecule has 17 nitrogen and oxygen atoms in total. The zero-order valence-electron chi connectivity index (χ0n) is 57.0. The molecule has 2 unspecified atom stereocenters. The summed E-state index contributed by atoms with van der Waals surface area (Å²) in [5.41, 5.74) is 0. The van der Waals surface area contributed by atoms with Gasteiger partial charge in [-0.1, -0.05) is 298 Å². The van der Waals surface area contributed by atoms with Gasteiger partial charge >= 0.3 is 39.5 Å². The molecule has 0 fully saturated rings. The summed E-state index contributed by atoms with van der Waals surface area (Å²) in [4.78, 5) is 72.2. The number of phosphoric ester groups is 2. The summed E-state index contributed by atoms with van der Waals surface area (Å²) in [6, 6.07) is 0. The van der Waals surface area contributed by atoms with Crippen molar-refractivity contribution in [1.82, 2.24) is 0 Å². The third-order valence-corrected chi connectivity index (χ3v) is 17.9. The number of carbonyl (C=O) groups is 4. The van der Waals surface area contributed by atoms with Gasteiger partial charge in [0.2, 0.25) is 0 Å². The van der Waals surface area contributed by atoms with E-state index in [0.717, 1.165) is 108 Å². The van der Waals surface area contributed by atoms with Gasteiger partial charge in [-0.3, -0.25) is 37.3 Å². The van der Waals surface area contributed by atoms with Crippen molar-refractivity contribution in [2.75, 3.05) is 39.6 Å². The van der Waals surface area contributed by atoms with Gasteiger partial charge in [0, 0.05) is 25.7 Å². The normalized spacial score (nSPS) is 14.2. The minimum Gasteiger partial charge on any atom is -0.462 e. The van der Waals surface area contributed by atoms with Crippen LogP contribution in [-0.2, 0) is 65.4 Å². The van der Waals surface area contributed by atoms with Crippen LogP contribution in [0.4, 0.5) is 0 Å². The second-order valence-electron chi connectivity index (χ2n) is 25.9. The van der Waals surface area contributed by atoms with E-state index in [1.807, 2.05) is 0 Å². The van der Waals surface area contributed by atoms with Crippen LogP contribution >= 0.6 is 15.6 Å². The van der Waals surface area contributed by atoms with Crippen molar-refractivity contribution in [2.45, 2.75) is 368 Å². The summed E-state index contributed by atoms with van der Waals surface area (Å²) in [5, 5.41) is 10.5. The Balaban J connectivity index is 5.16. The summed E-state index contributed by atoms with van der Waals surface area (Å²) in [5.74, 6) is -0.558. The number of rotatable bonds is 68. The smallest absolute Gasteiger partial charge is 0.462 e. The number of aliphatic hydroxyl groups is 1. The maximum absolute atomic E-state index is 13.0. The van der Waals surface area contributed by atoms with Crippen LogP contribution in [-0.4, -0.2) is 96.7 Å². The number of hydrogen-bond acceptors (Lipinski definition) is 15. The quantitative estimate of drug-likeness (QED) is 0.0222. The van der Waals surface area contributed by atoms with Gasteiger partial charge in [-0.05, 0) is 37.5 Å². The van der Waals surface area contributed by atoms with E-state index in [1.54, 1.807) is 0 Å². The molecular weight excluding hydrogens is 1160 g/mol. The van der Waals surface area contributed by atoms with E-state index in [4.69, 9.17) is 37.0 Å². The van der Waals surface area contributed by atoms with Crippen LogP contribution in [0.2, 0.25) is 0 Å². The van der Waals surface area contributed by atoms with Crippen LogP contribution < -0.4 is 0 Å². The molecule has 0 saturated heterocycles. The van der Waals surface area contributed by atoms with E-state index in [9.17, 15) is 43.2 Å². The molecule has 19 heteroatoms. The summed E-state index contributed by atoms with van der Waals surface area (Å²) in [6.45, 7) is 9.49. The van der Waals surface area contributed by atoms with Crippen LogP contribution in [0.15, 0.2) is 0 Å². The Kier molecular flexibility index (Phi) is 59.9. The molecule has 3 N–H and O–H groups in total. The molecule has 0 heterocycles. The van der Waals surface area contributed by atoms with Gasteiger partial charge in [-0.25, -0.2) is 9.13 Å². The lowest BCUT2D eigenvalue weighted by Gasteiger charge is -2.21. The molecule has 0 aromatic carbocycles. The average Bonchev–Trinajstić information content (AvgIpc) is 3.58. The van der Waals surface area contributed by atoms with Gasteiger partial charge in [0.1, 0.15) is 19.3 Å². The van der Waals surface area contributed by atoms with Gasteiger partial charge in [0.15, 0.2) is 12.2 Å². The maximum atomic E-state index is 13.0. The Labute approximate surface area is 537 Å². The SMILES string of the molecule is CCCCCCCCCCCCCC(=O)O[C@H](COC(=O)CCCCCCC)COP(=O)(O)OC[C@H](O)COP(=O)(O)OC[C@@H](COC(=O)CCCCCCCCCCCCCCCC(C)C)OC(=O)CCCCCCCCCCCCCCCC(C)C. The lowest BCUT2D eigenvalue weighted by atomic mass is 10.0. The van der Waals surface area contributed by atoms with Gasteiger partial charge < -0.3 is 33.8 Å². The van der Waals surface area contributed by atoms with E-state index in [2.05, 4.69) is 41.5 Å². The fourth-order valence-corrected chi connectivity index (χ4v) is 12.0. The highest BCUT2D eigenvalue weighted by molar-refractivity contribution is 7.47. The first-order chi connectivity index (χ1) is 42.4. The molecule has 5 atom stereocenters. The molecule has 0 spiro atoms. The van der Waals surface area contributed by atoms with E-state index >= 15 is 0 Å². The molecule has 0 aromatic heterocycles. The highest BCUT2D eigenvalue weighted by Gasteiger charge is 2.30. The Morgan fingerprint density at radius 3 is 0.773 bits per heavy atom. The van der Waals surface area contributed by atoms with E-state index < -0.39 is 97.5 Å². The van der Waals surface area contributed by atoms with Gasteiger partial charge in [0.05, 0.1) is 26.4 Å². The molecule has 0 radical (unpaired) electrons. The number of unbranched alkanes of at least 4 members (excludes halogenated alkanes) is 38. The molecule has 0 bridgehead atoms. The summed E-state index contributed by atoms with van der Waals surface area (Å²) in [7, 11) is -9.89. The first kappa shape index (κ1) is 86.1. The molecule has 0 rings (SSSR count). The highest BCUT2D eigenvalue weighted by atomic mass is 31.2. The van der Waals surface area contributed by atoms with Crippen LogP contribution in [0.25, 0.3) is 0 Å². The molecule has 522 valence electrons. The molecular formula is C69H134O17P2. The molecule has 0 aromatic rings. The highest BCUT2D eigenvalue weighted by Crippen LogP contribution is 2.45. The predicted molar refractivity (Wildman–Crippen MR) is 354 cm³/mol. The zero-order valence-corrected chi connectivity index (χ0v) is 58.8. The number of hydrogen-bond donors (Lipinski definition) is 3. The minimum atomic E-state index is -4.95. The standard InChI is InChI=1S/C69H134O17P2/c1-7-9-11-13-14-15-22-30-35-41-47-53-68(73)85-64(57-79-66(71)51-45-37-12-10-8-2)59-83-87(75,76)81-55-63(70)56-82-88(77,78)84-60-65(86-69(74)54-48-42-36-31-26-21-17-19-24-28-33-39-44-50-62(5)6)58-80-67(72)52-46-40-34-29-25-20-16-18-23-27-32-38-43-49-61(3)4/h61-65,70H,7-60H2,1-6H3,(H,75,76)(H,77,78)/t63-,64+,65+/m0/s1. The molecule has 0 amide bonds. The predicted octanol–water partition coefficient (Wildman–Crippen LogP) is 19.6. The van der Waals surface area contributed by atoms with E-state index in [0.29, 0.717) is 25.7 Å².